The van der Waals surface area contributed by atoms with Crippen LogP contribution in [0.1, 0.15) is 11.7 Å². The number of ether oxygens (including phenoxy) is 1. The third-order valence-corrected chi connectivity index (χ3v) is 4.11. The van der Waals surface area contributed by atoms with Crippen molar-refractivity contribution in [1.82, 2.24) is 5.32 Å². The number of carbonyl (C=O) groups is 1. The van der Waals surface area contributed by atoms with Crippen LogP contribution in [0, 0.1) is 0 Å². The van der Waals surface area contributed by atoms with Gasteiger partial charge in [0.2, 0.25) is 0 Å². The van der Waals surface area contributed by atoms with Gasteiger partial charge in [-0.05, 0) is 40.6 Å². The average molecular weight is 356 g/mol. The second-order valence-electron chi connectivity index (χ2n) is 5.63. The Kier molecular flexibility index (Phi) is 5.53. The smallest absolute Gasteiger partial charge is 0.258 e. The fraction of sp³-hybridized carbons (Fsp3) is 0.150. The highest BCUT2D eigenvalue weighted by molar-refractivity contribution is 6.30. The van der Waals surface area contributed by atoms with Gasteiger partial charge in [0.15, 0.2) is 6.61 Å². The van der Waals surface area contributed by atoms with E-state index in [2.05, 4.69) is 5.32 Å². The van der Waals surface area contributed by atoms with E-state index in [-0.39, 0.29) is 19.1 Å². The van der Waals surface area contributed by atoms with Gasteiger partial charge in [-0.15, -0.1) is 0 Å². The zero-order valence-corrected chi connectivity index (χ0v) is 14.2. The fourth-order valence-electron chi connectivity index (χ4n) is 2.59. The molecule has 1 amide bonds. The number of hydrogen-bond acceptors (Lipinski definition) is 3. The maximum Gasteiger partial charge on any atom is 0.258 e. The van der Waals surface area contributed by atoms with Crippen LogP contribution in [0.2, 0.25) is 5.02 Å². The minimum absolute atomic E-state index is 0.121. The molecule has 3 aromatic carbocycles. The molecule has 0 saturated carbocycles. The van der Waals surface area contributed by atoms with Crippen LogP contribution < -0.4 is 10.1 Å². The predicted molar refractivity (Wildman–Crippen MR) is 98.9 cm³/mol. The Morgan fingerprint density at radius 3 is 2.56 bits per heavy atom. The molecule has 5 heteroatoms. The molecule has 0 heterocycles. The van der Waals surface area contributed by atoms with Crippen molar-refractivity contribution < 1.29 is 14.6 Å². The van der Waals surface area contributed by atoms with Crippen molar-refractivity contribution in [2.24, 2.45) is 0 Å². The maximum absolute atomic E-state index is 11.9. The zero-order valence-electron chi connectivity index (χ0n) is 13.5. The minimum Gasteiger partial charge on any atom is -0.484 e. The topological polar surface area (TPSA) is 58.6 Å². The molecule has 25 heavy (non-hydrogen) atoms. The first kappa shape index (κ1) is 17.3. The number of halogens is 1. The lowest BCUT2D eigenvalue weighted by Gasteiger charge is -2.15. The molecule has 1 atom stereocenters. The lowest BCUT2D eigenvalue weighted by atomic mass is 10.0. The first-order valence-corrected chi connectivity index (χ1v) is 8.32. The van der Waals surface area contributed by atoms with Crippen molar-refractivity contribution in [3.8, 4) is 5.75 Å². The Morgan fingerprint density at radius 2 is 1.76 bits per heavy atom. The lowest BCUT2D eigenvalue weighted by Crippen LogP contribution is -2.32. The molecule has 3 rings (SSSR count). The van der Waals surface area contributed by atoms with Crippen molar-refractivity contribution in [1.29, 1.82) is 0 Å². The van der Waals surface area contributed by atoms with E-state index in [1.54, 1.807) is 24.3 Å². The van der Waals surface area contributed by atoms with Crippen LogP contribution in [0.15, 0.2) is 66.7 Å². The Balaban J connectivity index is 1.55. The van der Waals surface area contributed by atoms with Gasteiger partial charge in [0.05, 0.1) is 6.10 Å². The van der Waals surface area contributed by atoms with Crippen LogP contribution in [-0.2, 0) is 4.79 Å². The van der Waals surface area contributed by atoms with Crippen molar-refractivity contribution in [3.63, 3.8) is 0 Å². The Morgan fingerprint density at radius 1 is 1.04 bits per heavy atom. The summed E-state index contributed by atoms with van der Waals surface area (Å²) in [5.41, 5.74) is 0.789. The molecule has 0 spiro atoms. The number of nitrogens with one attached hydrogen (secondary N) is 1. The van der Waals surface area contributed by atoms with Crippen LogP contribution in [-0.4, -0.2) is 24.2 Å². The number of carbonyl (C=O) groups excluding carboxylic acids is 1. The van der Waals surface area contributed by atoms with Crippen LogP contribution in [0.5, 0.6) is 5.75 Å². The van der Waals surface area contributed by atoms with Crippen LogP contribution in [0.3, 0.4) is 0 Å². The van der Waals surface area contributed by atoms with Crippen LogP contribution >= 0.6 is 11.6 Å². The molecule has 0 saturated heterocycles. The summed E-state index contributed by atoms with van der Waals surface area (Å²) in [6.07, 6.45) is -0.786. The van der Waals surface area contributed by atoms with Gasteiger partial charge in [-0.3, -0.25) is 4.79 Å². The summed E-state index contributed by atoms with van der Waals surface area (Å²) in [5, 5.41) is 15.7. The van der Waals surface area contributed by atoms with Crippen molar-refractivity contribution in [3.05, 3.63) is 77.3 Å². The van der Waals surface area contributed by atoms with E-state index < -0.39 is 6.10 Å². The highest BCUT2D eigenvalue weighted by Gasteiger charge is 2.12. The number of hydrogen-bond donors (Lipinski definition) is 2. The number of fused-ring (bicyclic) bond motifs is 1. The summed E-state index contributed by atoms with van der Waals surface area (Å²) >= 11 is 5.80. The molecular weight excluding hydrogens is 338 g/mol. The molecule has 0 aliphatic carbocycles. The third kappa shape index (κ3) is 4.50. The monoisotopic (exact) mass is 355 g/mol. The van der Waals surface area contributed by atoms with Crippen molar-refractivity contribution >= 4 is 28.3 Å². The fourth-order valence-corrected chi connectivity index (χ4v) is 2.72. The Bertz CT molecular complexity index is 859. The quantitative estimate of drug-likeness (QED) is 0.708. The summed E-state index contributed by atoms with van der Waals surface area (Å²) in [4.78, 5) is 11.9. The van der Waals surface area contributed by atoms with Crippen LogP contribution in [0.4, 0.5) is 0 Å². The van der Waals surface area contributed by atoms with Crippen molar-refractivity contribution in [2.75, 3.05) is 13.2 Å². The van der Waals surface area contributed by atoms with Gasteiger partial charge in [0.1, 0.15) is 5.75 Å². The Labute approximate surface area is 151 Å². The normalized spacial score (nSPS) is 11.9. The second kappa shape index (κ2) is 8.01. The van der Waals surface area contributed by atoms with E-state index in [0.717, 1.165) is 16.3 Å². The van der Waals surface area contributed by atoms with E-state index in [4.69, 9.17) is 16.3 Å². The number of aliphatic hydroxyl groups excluding tert-OH is 1. The molecule has 128 valence electrons. The van der Waals surface area contributed by atoms with Gasteiger partial charge in [0, 0.05) is 11.6 Å². The van der Waals surface area contributed by atoms with Gasteiger partial charge in [-0.2, -0.15) is 0 Å². The molecule has 0 aliphatic rings. The molecule has 0 aliphatic heterocycles. The van der Waals surface area contributed by atoms with E-state index in [1.165, 1.54) is 0 Å². The maximum atomic E-state index is 11.9. The minimum atomic E-state index is -0.786. The highest BCUT2D eigenvalue weighted by atomic mass is 35.5. The molecular formula is C20H18ClNO3. The average Bonchev–Trinajstić information content (AvgIpc) is 2.65. The first-order chi connectivity index (χ1) is 12.1. The number of rotatable bonds is 6. The lowest BCUT2D eigenvalue weighted by molar-refractivity contribution is -0.123. The van der Waals surface area contributed by atoms with Gasteiger partial charge < -0.3 is 15.2 Å². The van der Waals surface area contributed by atoms with E-state index in [9.17, 15) is 9.90 Å². The number of benzene rings is 3. The van der Waals surface area contributed by atoms with Gasteiger partial charge >= 0.3 is 0 Å². The molecule has 3 aromatic rings. The predicted octanol–water partition coefficient (Wildman–Crippen LogP) is 3.72. The third-order valence-electron chi connectivity index (χ3n) is 3.86. The molecule has 0 fully saturated rings. The van der Waals surface area contributed by atoms with E-state index in [1.807, 2.05) is 42.5 Å². The summed E-state index contributed by atoms with van der Waals surface area (Å²) in [6, 6.07) is 20.4. The largest absolute Gasteiger partial charge is 0.484 e. The van der Waals surface area contributed by atoms with Gasteiger partial charge in [-0.25, -0.2) is 0 Å². The molecule has 0 bridgehead atoms. The summed E-state index contributed by atoms with van der Waals surface area (Å²) < 4.78 is 5.38. The second-order valence-corrected chi connectivity index (χ2v) is 6.07. The molecule has 0 aromatic heterocycles. The molecule has 4 nitrogen and oxygen atoms in total. The zero-order chi connectivity index (χ0) is 17.6. The number of amides is 1. The van der Waals surface area contributed by atoms with Gasteiger partial charge in [0.25, 0.3) is 5.91 Å². The molecule has 1 unspecified atom stereocenters. The summed E-state index contributed by atoms with van der Waals surface area (Å²) in [6.45, 7) is 0.000703. The first-order valence-electron chi connectivity index (χ1n) is 7.94. The highest BCUT2D eigenvalue weighted by Crippen LogP contribution is 2.23. The number of aliphatic hydroxyl groups is 1. The Hall–Kier alpha value is -2.56. The SMILES string of the molecule is O=C(COc1ccc(Cl)cc1)NCC(O)c1cccc2ccccc12. The van der Waals surface area contributed by atoms with E-state index in [0.29, 0.717) is 10.8 Å². The van der Waals surface area contributed by atoms with Crippen molar-refractivity contribution in [2.45, 2.75) is 6.10 Å². The molecule has 0 radical (unpaired) electrons. The summed E-state index contributed by atoms with van der Waals surface area (Å²) in [7, 11) is 0. The van der Waals surface area contributed by atoms with Gasteiger partial charge in [-0.1, -0.05) is 54.1 Å². The van der Waals surface area contributed by atoms with E-state index >= 15 is 0 Å². The standard InChI is InChI=1S/C20H18ClNO3/c21-15-8-10-16(11-9-15)25-13-20(24)22-12-19(23)18-7-3-5-14-4-1-2-6-17(14)18/h1-11,19,23H,12-13H2,(H,22,24). The molecule has 2 N–H and O–H groups in total. The van der Waals surface area contributed by atoms with Crippen LogP contribution in [0.25, 0.3) is 10.8 Å². The summed E-state index contributed by atoms with van der Waals surface area (Å²) in [5.74, 6) is 0.267.